The normalized spacial score (nSPS) is 10.8. The standard InChI is InChI=1S/C19H19FN4O2S/c1-4-8-24-18(15-7-9-26-13(15)3)22-23-19(24)27-11-17(25)21-14-6-5-12(2)16(20)10-14/h4-7,9-10H,1,8,11H2,2-3H3,(H,21,25). The van der Waals surface area contributed by atoms with Crippen molar-refractivity contribution in [1.82, 2.24) is 14.8 Å². The van der Waals surface area contributed by atoms with E-state index in [0.717, 1.165) is 11.3 Å². The van der Waals surface area contributed by atoms with Gasteiger partial charge in [-0.05, 0) is 37.6 Å². The first-order valence-electron chi connectivity index (χ1n) is 8.27. The third kappa shape index (κ3) is 4.28. The van der Waals surface area contributed by atoms with Crippen molar-refractivity contribution < 1.29 is 13.6 Å². The van der Waals surface area contributed by atoms with Crippen LogP contribution in [0.3, 0.4) is 0 Å². The SMILES string of the molecule is C=CCn1c(SCC(=O)Nc2ccc(C)c(F)c2)nnc1-c1ccoc1C. The van der Waals surface area contributed by atoms with E-state index in [-0.39, 0.29) is 17.5 Å². The van der Waals surface area contributed by atoms with E-state index in [1.165, 1.54) is 17.8 Å². The van der Waals surface area contributed by atoms with E-state index >= 15 is 0 Å². The zero-order chi connectivity index (χ0) is 19.4. The molecule has 0 fully saturated rings. The van der Waals surface area contributed by atoms with Crippen LogP contribution in [0.25, 0.3) is 11.4 Å². The fraction of sp³-hybridized carbons (Fsp3) is 0.211. The smallest absolute Gasteiger partial charge is 0.234 e. The fourth-order valence-corrected chi connectivity index (χ4v) is 3.25. The average molecular weight is 386 g/mol. The zero-order valence-electron chi connectivity index (χ0n) is 15.0. The van der Waals surface area contributed by atoms with Gasteiger partial charge in [-0.25, -0.2) is 4.39 Å². The number of rotatable bonds is 7. The lowest BCUT2D eigenvalue weighted by atomic mass is 10.2. The Kier molecular flexibility index (Phi) is 5.75. The van der Waals surface area contributed by atoms with Gasteiger partial charge in [-0.1, -0.05) is 23.9 Å². The van der Waals surface area contributed by atoms with Crippen LogP contribution in [-0.4, -0.2) is 26.4 Å². The molecule has 1 N–H and O–H groups in total. The van der Waals surface area contributed by atoms with E-state index < -0.39 is 0 Å². The summed E-state index contributed by atoms with van der Waals surface area (Å²) in [6, 6.07) is 6.42. The highest BCUT2D eigenvalue weighted by molar-refractivity contribution is 7.99. The molecule has 0 atom stereocenters. The first kappa shape index (κ1) is 18.9. The highest BCUT2D eigenvalue weighted by atomic mass is 32.2. The molecule has 0 radical (unpaired) electrons. The number of carbonyl (C=O) groups is 1. The number of amides is 1. The van der Waals surface area contributed by atoms with Gasteiger partial charge in [0.25, 0.3) is 0 Å². The molecule has 27 heavy (non-hydrogen) atoms. The summed E-state index contributed by atoms with van der Waals surface area (Å²) in [6.07, 6.45) is 3.33. The third-order valence-electron chi connectivity index (χ3n) is 3.92. The van der Waals surface area contributed by atoms with E-state index in [1.54, 1.807) is 31.4 Å². The van der Waals surface area contributed by atoms with Crippen LogP contribution in [0.5, 0.6) is 0 Å². The number of thioether (sulfide) groups is 1. The van der Waals surface area contributed by atoms with Gasteiger partial charge in [0, 0.05) is 12.2 Å². The number of nitrogens with zero attached hydrogens (tertiary/aromatic N) is 3. The number of aryl methyl sites for hydroxylation is 2. The Balaban J connectivity index is 1.71. The molecule has 0 aliphatic carbocycles. The van der Waals surface area contributed by atoms with Crippen LogP contribution in [0.4, 0.5) is 10.1 Å². The van der Waals surface area contributed by atoms with Crippen LogP contribution >= 0.6 is 11.8 Å². The van der Waals surface area contributed by atoms with Gasteiger partial charge in [0.15, 0.2) is 11.0 Å². The second kappa shape index (κ2) is 8.22. The van der Waals surface area contributed by atoms with Crippen LogP contribution in [0.15, 0.2) is 52.8 Å². The van der Waals surface area contributed by atoms with E-state index in [0.29, 0.717) is 28.8 Å². The number of aromatic nitrogens is 3. The van der Waals surface area contributed by atoms with E-state index in [2.05, 4.69) is 22.1 Å². The first-order chi connectivity index (χ1) is 13.0. The second-order valence-electron chi connectivity index (χ2n) is 5.90. The Morgan fingerprint density at radius 1 is 1.37 bits per heavy atom. The summed E-state index contributed by atoms with van der Waals surface area (Å²) in [4.78, 5) is 12.2. The molecule has 0 unspecified atom stereocenters. The molecule has 0 aliphatic heterocycles. The Morgan fingerprint density at radius 2 is 2.19 bits per heavy atom. The third-order valence-corrected chi connectivity index (χ3v) is 4.88. The average Bonchev–Trinajstić information content (AvgIpc) is 3.22. The minimum Gasteiger partial charge on any atom is -0.469 e. The van der Waals surface area contributed by atoms with E-state index in [4.69, 9.17) is 4.42 Å². The van der Waals surface area contributed by atoms with Crippen LogP contribution in [0, 0.1) is 19.7 Å². The predicted octanol–water partition coefficient (Wildman–Crippen LogP) is 4.21. The van der Waals surface area contributed by atoms with Gasteiger partial charge in [0.2, 0.25) is 5.91 Å². The molecule has 0 aliphatic rings. The molecule has 1 aromatic carbocycles. The van der Waals surface area contributed by atoms with Crippen molar-refractivity contribution in [3.05, 3.63) is 60.3 Å². The van der Waals surface area contributed by atoms with Crippen molar-refractivity contribution >= 4 is 23.4 Å². The summed E-state index contributed by atoms with van der Waals surface area (Å²) in [5.74, 6) is 0.909. The number of halogens is 1. The highest BCUT2D eigenvalue weighted by Gasteiger charge is 2.17. The monoisotopic (exact) mass is 386 g/mol. The number of allylic oxidation sites excluding steroid dienone is 1. The van der Waals surface area contributed by atoms with Crippen molar-refractivity contribution in [2.24, 2.45) is 0 Å². The number of anilines is 1. The minimum absolute atomic E-state index is 0.120. The van der Waals surface area contributed by atoms with Gasteiger partial charge in [-0.15, -0.1) is 16.8 Å². The maximum absolute atomic E-state index is 13.6. The lowest BCUT2D eigenvalue weighted by Crippen LogP contribution is -2.15. The quantitative estimate of drug-likeness (QED) is 0.486. The molecule has 3 aromatic rings. The van der Waals surface area contributed by atoms with Crippen molar-refractivity contribution in [1.29, 1.82) is 0 Å². The molecule has 3 rings (SSSR count). The molecule has 2 heterocycles. The van der Waals surface area contributed by atoms with Crippen LogP contribution < -0.4 is 5.32 Å². The Morgan fingerprint density at radius 3 is 2.85 bits per heavy atom. The summed E-state index contributed by atoms with van der Waals surface area (Å²) >= 11 is 1.25. The summed E-state index contributed by atoms with van der Waals surface area (Å²) in [5.41, 5.74) is 1.80. The fourth-order valence-electron chi connectivity index (χ4n) is 2.50. The maximum atomic E-state index is 13.6. The second-order valence-corrected chi connectivity index (χ2v) is 6.84. The Bertz CT molecular complexity index is 980. The lowest BCUT2D eigenvalue weighted by Gasteiger charge is -2.08. The van der Waals surface area contributed by atoms with Crippen molar-refractivity contribution in [2.75, 3.05) is 11.1 Å². The van der Waals surface area contributed by atoms with Crippen molar-refractivity contribution in [3.63, 3.8) is 0 Å². The molecular weight excluding hydrogens is 367 g/mol. The molecule has 8 heteroatoms. The molecule has 0 spiro atoms. The number of nitrogens with one attached hydrogen (secondary N) is 1. The number of carbonyl (C=O) groups excluding carboxylic acids is 1. The first-order valence-corrected chi connectivity index (χ1v) is 9.25. The predicted molar refractivity (Wildman–Crippen MR) is 103 cm³/mol. The zero-order valence-corrected chi connectivity index (χ0v) is 15.8. The Labute approximate surface area is 160 Å². The van der Waals surface area contributed by atoms with Crippen LogP contribution in [-0.2, 0) is 11.3 Å². The van der Waals surface area contributed by atoms with E-state index in [1.807, 2.05) is 17.6 Å². The molecular formula is C19H19FN4O2S. The highest BCUT2D eigenvalue weighted by Crippen LogP contribution is 2.27. The summed E-state index contributed by atoms with van der Waals surface area (Å²) in [7, 11) is 0. The molecule has 0 saturated carbocycles. The van der Waals surface area contributed by atoms with Crippen molar-refractivity contribution in [2.45, 2.75) is 25.5 Å². The molecule has 2 aromatic heterocycles. The van der Waals surface area contributed by atoms with E-state index in [9.17, 15) is 9.18 Å². The maximum Gasteiger partial charge on any atom is 0.234 e. The molecule has 140 valence electrons. The molecule has 0 bridgehead atoms. The van der Waals surface area contributed by atoms with Gasteiger partial charge < -0.3 is 9.73 Å². The summed E-state index contributed by atoms with van der Waals surface area (Å²) in [6.45, 7) is 7.78. The van der Waals surface area contributed by atoms with Crippen molar-refractivity contribution in [3.8, 4) is 11.4 Å². The van der Waals surface area contributed by atoms with Crippen LogP contribution in [0.2, 0.25) is 0 Å². The van der Waals surface area contributed by atoms with Gasteiger partial charge >= 0.3 is 0 Å². The lowest BCUT2D eigenvalue weighted by molar-refractivity contribution is -0.113. The number of hydrogen-bond donors (Lipinski definition) is 1. The number of furan rings is 1. The van der Waals surface area contributed by atoms with Gasteiger partial charge in [-0.2, -0.15) is 0 Å². The largest absolute Gasteiger partial charge is 0.469 e. The summed E-state index contributed by atoms with van der Waals surface area (Å²) < 4.78 is 20.8. The number of benzene rings is 1. The molecule has 1 amide bonds. The Hall–Kier alpha value is -2.87. The topological polar surface area (TPSA) is 73.0 Å². The molecule has 0 saturated heterocycles. The van der Waals surface area contributed by atoms with Gasteiger partial charge in [0.1, 0.15) is 11.6 Å². The minimum atomic E-state index is -0.355. The van der Waals surface area contributed by atoms with Gasteiger partial charge in [-0.3, -0.25) is 9.36 Å². The van der Waals surface area contributed by atoms with Crippen LogP contribution in [0.1, 0.15) is 11.3 Å². The van der Waals surface area contributed by atoms with Gasteiger partial charge in [0.05, 0.1) is 17.6 Å². The molecule has 6 nitrogen and oxygen atoms in total. The summed E-state index contributed by atoms with van der Waals surface area (Å²) in [5, 5.41) is 11.7. The number of hydrogen-bond acceptors (Lipinski definition) is 5.